The minimum Gasteiger partial charge on any atom is -0.463 e. The molecule has 0 unspecified atom stereocenters. The van der Waals surface area contributed by atoms with E-state index in [9.17, 15) is 24.9 Å². The van der Waals surface area contributed by atoms with Crippen molar-refractivity contribution in [3.05, 3.63) is 48.6 Å². The molecule has 3 atom stereocenters. The van der Waals surface area contributed by atoms with Crippen LogP contribution in [0.15, 0.2) is 48.6 Å². The largest absolute Gasteiger partial charge is 0.463 e. The predicted molar refractivity (Wildman–Crippen MR) is 208 cm³/mol. The number of unbranched alkanes of at least 4 members (excludes halogenated alkanes) is 15. The van der Waals surface area contributed by atoms with Gasteiger partial charge < -0.3 is 24.8 Å². The van der Waals surface area contributed by atoms with Gasteiger partial charge in [-0.15, -0.1) is 0 Å². The van der Waals surface area contributed by atoms with Gasteiger partial charge in [-0.25, -0.2) is 0 Å². The summed E-state index contributed by atoms with van der Waals surface area (Å²) in [4.78, 5) is 24.0. The minimum atomic E-state index is -1.05. The van der Waals surface area contributed by atoms with Crippen molar-refractivity contribution in [3.8, 4) is 0 Å². The van der Waals surface area contributed by atoms with E-state index in [2.05, 4.69) is 20.8 Å². The van der Waals surface area contributed by atoms with Crippen LogP contribution in [-0.4, -0.2) is 58.8 Å². The summed E-state index contributed by atoms with van der Waals surface area (Å²) >= 11 is 0. The van der Waals surface area contributed by atoms with Crippen LogP contribution in [0, 0.1) is 5.92 Å². The Hall–Kier alpha value is -2.22. The van der Waals surface area contributed by atoms with Crippen molar-refractivity contribution in [2.45, 2.75) is 193 Å². The van der Waals surface area contributed by atoms with Gasteiger partial charge in [0.2, 0.25) is 0 Å². The average Bonchev–Trinajstić information content (AvgIpc) is 3.08. The summed E-state index contributed by atoms with van der Waals surface area (Å²) < 4.78 is 10.2. The van der Waals surface area contributed by atoms with Gasteiger partial charge in [-0.1, -0.05) is 179 Å². The van der Waals surface area contributed by atoms with Gasteiger partial charge in [0.25, 0.3) is 0 Å². The van der Waals surface area contributed by atoms with Gasteiger partial charge in [0.15, 0.2) is 0 Å². The molecule has 0 radical (unpaired) electrons. The monoisotopic (exact) mass is 705 g/mol. The molecule has 0 fully saturated rings. The summed E-state index contributed by atoms with van der Waals surface area (Å²) in [5.74, 6) is 0.0563. The highest BCUT2D eigenvalue weighted by Gasteiger charge is 2.12. The lowest BCUT2D eigenvalue weighted by atomic mass is 10.0. The van der Waals surface area contributed by atoms with E-state index in [0.717, 1.165) is 57.3 Å². The number of hydrogen-bond donors (Lipinski definition) is 3. The maximum absolute atomic E-state index is 12.0. The van der Waals surface area contributed by atoms with Crippen molar-refractivity contribution in [2.24, 2.45) is 5.92 Å². The first-order valence-electron chi connectivity index (χ1n) is 20.3. The molecule has 0 aliphatic rings. The smallest absolute Gasteiger partial charge is 0.305 e. The molecule has 0 spiro atoms. The molecule has 0 saturated carbocycles. The summed E-state index contributed by atoms with van der Waals surface area (Å²) in [7, 11) is 0. The Bertz CT molecular complexity index is 892. The third-order valence-corrected chi connectivity index (χ3v) is 8.70. The highest BCUT2D eigenvalue weighted by Crippen LogP contribution is 2.15. The van der Waals surface area contributed by atoms with Crippen molar-refractivity contribution in [3.63, 3.8) is 0 Å². The zero-order valence-electron chi connectivity index (χ0n) is 32.3. The van der Waals surface area contributed by atoms with E-state index < -0.39 is 18.2 Å². The van der Waals surface area contributed by atoms with Gasteiger partial charge in [0, 0.05) is 12.8 Å². The third-order valence-electron chi connectivity index (χ3n) is 8.70. The quantitative estimate of drug-likeness (QED) is 0.0342. The fourth-order valence-corrected chi connectivity index (χ4v) is 5.54. The van der Waals surface area contributed by atoms with E-state index >= 15 is 0 Å². The molecule has 0 bridgehead atoms. The predicted octanol–water partition coefficient (Wildman–Crippen LogP) is 10.4. The maximum atomic E-state index is 12.0. The number of carbonyl (C=O) groups is 2. The van der Waals surface area contributed by atoms with E-state index in [-0.39, 0.29) is 31.7 Å². The number of aliphatic hydroxyl groups excluding tert-OH is 3. The van der Waals surface area contributed by atoms with Crippen LogP contribution in [0.2, 0.25) is 0 Å². The first kappa shape index (κ1) is 47.8. The third kappa shape index (κ3) is 37.0. The van der Waals surface area contributed by atoms with Gasteiger partial charge in [0.05, 0.1) is 12.2 Å². The summed E-state index contributed by atoms with van der Waals surface area (Å²) in [5, 5.41) is 29.9. The number of rotatable bonds is 35. The highest BCUT2D eigenvalue weighted by molar-refractivity contribution is 5.69. The number of allylic oxidation sites excluding steroid dienone is 6. The molecule has 0 rings (SSSR count). The van der Waals surface area contributed by atoms with Gasteiger partial charge >= 0.3 is 11.9 Å². The van der Waals surface area contributed by atoms with E-state index in [1.165, 1.54) is 77.0 Å². The first-order valence-corrected chi connectivity index (χ1v) is 20.3. The molecule has 0 saturated heterocycles. The topological polar surface area (TPSA) is 113 Å². The Labute approximate surface area is 306 Å². The maximum Gasteiger partial charge on any atom is 0.305 e. The molecule has 0 aromatic rings. The van der Waals surface area contributed by atoms with Gasteiger partial charge in [-0.2, -0.15) is 0 Å². The van der Waals surface area contributed by atoms with E-state index in [0.29, 0.717) is 19.3 Å². The summed E-state index contributed by atoms with van der Waals surface area (Å²) in [6.45, 7) is 6.35. The molecular weight excluding hydrogens is 628 g/mol. The molecule has 0 aromatic heterocycles. The van der Waals surface area contributed by atoms with Crippen LogP contribution >= 0.6 is 0 Å². The average molecular weight is 705 g/mol. The van der Waals surface area contributed by atoms with Crippen LogP contribution in [0.1, 0.15) is 175 Å². The first-order chi connectivity index (χ1) is 24.2. The molecule has 0 heterocycles. The van der Waals surface area contributed by atoms with Crippen molar-refractivity contribution in [1.82, 2.24) is 0 Å². The van der Waals surface area contributed by atoms with Crippen molar-refractivity contribution in [1.29, 1.82) is 0 Å². The normalized spacial score (nSPS) is 14.1. The standard InChI is InChI=1S/C43H76O7/c1-4-5-23-30-39(44)31-25-20-16-14-17-21-26-32-40(45)33-28-35-43(48)50-37-41(46)36-49-42(47)34-27-22-18-13-11-9-7-6-8-10-12-15-19-24-29-38(2)3/h16-17,20-21,25-26,31-32,38-41,44-46H,4-15,18-19,22-24,27-30,33-37H2,1-3H3/b20-16-,21-17-,31-25+,32-26+/t39-,40-,41+/m0/s1. The SMILES string of the molecule is CCCCC[C@H](O)/C=C/C=C\C/C=C\C=C\[C@H](O)CCCC(=O)OC[C@H](O)COC(=O)CCCCCCCCCCCCCCCCC(C)C. The van der Waals surface area contributed by atoms with Gasteiger partial charge in [-0.05, 0) is 38.0 Å². The zero-order valence-corrected chi connectivity index (χ0v) is 32.3. The Kier molecular flexibility index (Phi) is 34.9. The second kappa shape index (κ2) is 36.6. The van der Waals surface area contributed by atoms with Crippen LogP contribution in [0.3, 0.4) is 0 Å². The summed E-state index contributed by atoms with van der Waals surface area (Å²) in [5.41, 5.74) is 0. The molecule has 0 aliphatic heterocycles. The van der Waals surface area contributed by atoms with Crippen molar-refractivity contribution >= 4 is 11.9 Å². The summed E-state index contributed by atoms with van der Waals surface area (Å²) in [6.07, 6.45) is 38.1. The van der Waals surface area contributed by atoms with Crippen LogP contribution in [0.4, 0.5) is 0 Å². The van der Waals surface area contributed by atoms with E-state index in [1.807, 2.05) is 36.5 Å². The lowest BCUT2D eigenvalue weighted by molar-refractivity contribution is -0.152. The van der Waals surface area contributed by atoms with Crippen LogP contribution in [0.25, 0.3) is 0 Å². The molecule has 0 aromatic carbocycles. The Morgan fingerprint density at radius 3 is 1.38 bits per heavy atom. The molecule has 7 heteroatoms. The molecule has 3 N–H and O–H groups in total. The minimum absolute atomic E-state index is 0.137. The molecule has 0 amide bonds. The molecule has 50 heavy (non-hydrogen) atoms. The van der Waals surface area contributed by atoms with Crippen LogP contribution in [0.5, 0.6) is 0 Å². The lowest BCUT2D eigenvalue weighted by Gasteiger charge is -2.12. The summed E-state index contributed by atoms with van der Waals surface area (Å²) in [6, 6.07) is 0. The fraction of sp³-hybridized carbons (Fsp3) is 0.767. The van der Waals surface area contributed by atoms with E-state index in [4.69, 9.17) is 9.47 Å². The zero-order chi connectivity index (χ0) is 36.9. The molecule has 0 aliphatic carbocycles. The molecular formula is C43H76O7. The van der Waals surface area contributed by atoms with Crippen molar-refractivity contribution in [2.75, 3.05) is 13.2 Å². The van der Waals surface area contributed by atoms with Gasteiger partial charge in [0.1, 0.15) is 19.3 Å². The molecule has 290 valence electrons. The number of hydrogen-bond acceptors (Lipinski definition) is 7. The van der Waals surface area contributed by atoms with E-state index in [1.54, 1.807) is 12.2 Å². The lowest BCUT2D eigenvalue weighted by Crippen LogP contribution is -2.25. The van der Waals surface area contributed by atoms with Crippen LogP contribution < -0.4 is 0 Å². The molecule has 7 nitrogen and oxygen atoms in total. The second-order valence-corrected chi connectivity index (χ2v) is 14.3. The number of ether oxygens (including phenoxy) is 2. The Morgan fingerprint density at radius 1 is 0.520 bits per heavy atom. The number of esters is 2. The number of carbonyl (C=O) groups excluding carboxylic acids is 2. The van der Waals surface area contributed by atoms with Gasteiger partial charge in [-0.3, -0.25) is 9.59 Å². The number of aliphatic hydroxyl groups is 3. The Balaban J connectivity index is 3.66. The Morgan fingerprint density at radius 2 is 0.920 bits per heavy atom. The second-order valence-electron chi connectivity index (χ2n) is 14.3. The fourth-order valence-electron chi connectivity index (χ4n) is 5.54. The van der Waals surface area contributed by atoms with Crippen LogP contribution in [-0.2, 0) is 19.1 Å². The highest BCUT2D eigenvalue weighted by atomic mass is 16.6. The van der Waals surface area contributed by atoms with Crippen molar-refractivity contribution < 1.29 is 34.4 Å².